The van der Waals surface area contributed by atoms with E-state index >= 15 is 0 Å². The third kappa shape index (κ3) is 3.74. The molecule has 0 radical (unpaired) electrons. The molecule has 1 atom stereocenters. The number of aryl methyl sites for hydroxylation is 1. The van der Waals surface area contributed by atoms with Gasteiger partial charge in [0.2, 0.25) is 0 Å². The van der Waals surface area contributed by atoms with Crippen LogP contribution < -0.4 is 10.5 Å². The first-order valence-electron chi connectivity index (χ1n) is 7.44. The Bertz CT molecular complexity index is 502. The second-order valence-corrected chi connectivity index (χ2v) is 6.31. The van der Waals surface area contributed by atoms with Crippen molar-refractivity contribution >= 4 is 0 Å². The average molecular weight is 272 g/mol. The van der Waals surface area contributed by atoms with Crippen molar-refractivity contribution in [1.82, 2.24) is 0 Å². The Labute approximate surface area is 121 Å². The Morgan fingerprint density at radius 2 is 2.20 bits per heavy atom. The molecule has 2 rings (SSSR count). The number of nitrogens with two attached hydrogens (primary N) is 1. The molecule has 0 saturated heterocycles. The van der Waals surface area contributed by atoms with Gasteiger partial charge in [-0.15, -0.1) is 0 Å². The summed E-state index contributed by atoms with van der Waals surface area (Å²) in [6.07, 6.45) is 5.04. The summed E-state index contributed by atoms with van der Waals surface area (Å²) in [5.41, 5.74) is 8.41. The predicted molar refractivity (Wildman–Crippen MR) is 80.4 cm³/mol. The molecule has 1 aromatic carbocycles. The maximum atomic E-state index is 8.95. The fraction of sp³-hybridized carbons (Fsp3) is 0.588. The van der Waals surface area contributed by atoms with Crippen LogP contribution in [0.1, 0.15) is 56.7 Å². The van der Waals surface area contributed by atoms with E-state index in [9.17, 15) is 0 Å². The molecule has 3 heteroatoms. The summed E-state index contributed by atoms with van der Waals surface area (Å²) in [4.78, 5) is 0. The van der Waals surface area contributed by atoms with Crippen LogP contribution in [0.5, 0.6) is 5.75 Å². The van der Waals surface area contributed by atoms with Crippen LogP contribution in [-0.2, 0) is 6.42 Å². The van der Waals surface area contributed by atoms with E-state index in [4.69, 9.17) is 15.7 Å². The van der Waals surface area contributed by atoms with E-state index in [-0.39, 0.29) is 11.5 Å². The summed E-state index contributed by atoms with van der Waals surface area (Å²) in [5.74, 6) is 0.942. The second kappa shape index (κ2) is 6.28. The maximum Gasteiger partial charge on any atom is 0.119 e. The van der Waals surface area contributed by atoms with Crippen LogP contribution >= 0.6 is 0 Å². The van der Waals surface area contributed by atoms with Crippen molar-refractivity contribution in [2.24, 2.45) is 11.1 Å². The minimum atomic E-state index is -0.219. The van der Waals surface area contributed by atoms with Gasteiger partial charge in [-0.05, 0) is 69.2 Å². The van der Waals surface area contributed by atoms with Gasteiger partial charge in [-0.2, -0.15) is 5.26 Å². The number of nitrogens with zero attached hydrogens (tertiary/aromatic N) is 1. The van der Waals surface area contributed by atoms with E-state index in [0.717, 1.165) is 37.9 Å². The number of unbranched alkanes of at least 4 members (excludes halogenated alkanes) is 1. The fourth-order valence-electron chi connectivity index (χ4n) is 2.63. The molecule has 0 amide bonds. The topological polar surface area (TPSA) is 59.0 Å². The number of hydrogen-bond acceptors (Lipinski definition) is 3. The van der Waals surface area contributed by atoms with E-state index in [1.165, 1.54) is 11.1 Å². The van der Waals surface area contributed by atoms with E-state index in [2.05, 4.69) is 18.2 Å². The molecule has 0 spiro atoms. The van der Waals surface area contributed by atoms with E-state index in [0.29, 0.717) is 6.61 Å². The summed E-state index contributed by atoms with van der Waals surface area (Å²) in [5, 5.41) is 8.95. The van der Waals surface area contributed by atoms with Gasteiger partial charge in [0.25, 0.3) is 0 Å². The third-order valence-corrected chi connectivity index (χ3v) is 4.01. The molecule has 108 valence electrons. The number of rotatable bonds is 6. The average Bonchev–Trinajstić information content (AvgIpc) is 2.79. The van der Waals surface area contributed by atoms with Gasteiger partial charge < -0.3 is 10.5 Å². The summed E-state index contributed by atoms with van der Waals surface area (Å²) in [7, 11) is 0. The van der Waals surface area contributed by atoms with Crippen LogP contribution in [0.15, 0.2) is 18.2 Å². The molecule has 0 aromatic heterocycles. The van der Waals surface area contributed by atoms with Gasteiger partial charge in [0, 0.05) is 6.04 Å². The van der Waals surface area contributed by atoms with Gasteiger partial charge in [-0.1, -0.05) is 6.07 Å². The van der Waals surface area contributed by atoms with Crippen LogP contribution in [0.3, 0.4) is 0 Å². The normalized spacial score (nSPS) is 17.6. The highest BCUT2D eigenvalue weighted by Gasteiger charge is 2.19. The molecular formula is C17H24N2O. The SMILES string of the molecule is CC(C)(C#N)CCCCOc1ccc2c(c1)CC[C@@H]2N. The number of hydrogen-bond donors (Lipinski definition) is 1. The van der Waals surface area contributed by atoms with Crippen molar-refractivity contribution in [2.75, 3.05) is 6.61 Å². The quantitative estimate of drug-likeness (QED) is 0.803. The molecule has 0 bridgehead atoms. The van der Waals surface area contributed by atoms with Gasteiger partial charge in [0.1, 0.15) is 5.75 Å². The van der Waals surface area contributed by atoms with Crippen LogP contribution in [0.2, 0.25) is 0 Å². The summed E-state index contributed by atoms with van der Waals surface area (Å²) in [6.45, 7) is 4.68. The fourth-order valence-corrected chi connectivity index (χ4v) is 2.63. The highest BCUT2D eigenvalue weighted by molar-refractivity contribution is 5.40. The summed E-state index contributed by atoms with van der Waals surface area (Å²) < 4.78 is 5.79. The Balaban J connectivity index is 1.74. The van der Waals surface area contributed by atoms with Crippen molar-refractivity contribution in [1.29, 1.82) is 5.26 Å². The lowest BCUT2D eigenvalue weighted by Crippen LogP contribution is -2.08. The Hall–Kier alpha value is -1.53. The highest BCUT2D eigenvalue weighted by Crippen LogP contribution is 2.31. The summed E-state index contributed by atoms with van der Waals surface area (Å²) >= 11 is 0. The Morgan fingerprint density at radius 3 is 2.95 bits per heavy atom. The molecular weight excluding hydrogens is 248 g/mol. The van der Waals surface area contributed by atoms with Crippen molar-refractivity contribution in [3.63, 3.8) is 0 Å². The summed E-state index contributed by atoms with van der Waals surface area (Å²) in [6, 6.07) is 8.77. The molecule has 2 N–H and O–H groups in total. The standard InChI is InChI=1S/C17H24N2O/c1-17(2,12-18)9-3-4-10-20-14-6-7-15-13(11-14)5-8-16(15)19/h6-7,11,16H,3-5,8-10,19H2,1-2H3/t16-/m0/s1. The molecule has 0 unspecified atom stereocenters. The van der Waals surface area contributed by atoms with E-state index < -0.39 is 0 Å². The lowest BCUT2D eigenvalue weighted by Gasteiger charge is -2.14. The molecule has 0 saturated carbocycles. The molecule has 0 aliphatic heterocycles. The zero-order valence-electron chi connectivity index (χ0n) is 12.5. The van der Waals surface area contributed by atoms with Gasteiger partial charge in [0.15, 0.2) is 0 Å². The van der Waals surface area contributed by atoms with E-state index in [1.54, 1.807) is 0 Å². The van der Waals surface area contributed by atoms with Crippen LogP contribution in [-0.4, -0.2) is 6.61 Å². The molecule has 1 aromatic rings. The molecule has 0 heterocycles. The third-order valence-electron chi connectivity index (χ3n) is 4.01. The number of nitriles is 1. The molecule has 1 aliphatic carbocycles. The molecule has 1 aliphatic rings. The smallest absolute Gasteiger partial charge is 0.119 e. The largest absolute Gasteiger partial charge is 0.494 e. The van der Waals surface area contributed by atoms with Crippen LogP contribution in [0.4, 0.5) is 0 Å². The monoisotopic (exact) mass is 272 g/mol. The highest BCUT2D eigenvalue weighted by atomic mass is 16.5. The predicted octanol–water partition coefficient (Wildman–Crippen LogP) is 3.73. The van der Waals surface area contributed by atoms with Crippen molar-refractivity contribution < 1.29 is 4.74 Å². The zero-order chi connectivity index (χ0) is 14.6. The van der Waals surface area contributed by atoms with Gasteiger partial charge in [-0.25, -0.2) is 0 Å². The lowest BCUT2D eigenvalue weighted by atomic mass is 9.89. The minimum absolute atomic E-state index is 0.201. The Kier molecular flexibility index (Phi) is 4.67. The number of ether oxygens (including phenoxy) is 1. The Morgan fingerprint density at radius 1 is 1.40 bits per heavy atom. The molecule has 3 nitrogen and oxygen atoms in total. The lowest BCUT2D eigenvalue weighted by molar-refractivity contribution is 0.294. The second-order valence-electron chi connectivity index (χ2n) is 6.31. The van der Waals surface area contributed by atoms with Crippen molar-refractivity contribution in [3.8, 4) is 11.8 Å². The molecule has 20 heavy (non-hydrogen) atoms. The number of fused-ring (bicyclic) bond motifs is 1. The minimum Gasteiger partial charge on any atom is -0.494 e. The van der Waals surface area contributed by atoms with Crippen molar-refractivity contribution in [2.45, 2.75) is 52.0 Å². The van der Waals surface area contributed by atoms with E-state index in [1.807, 2.05) is 19.9 Å². The van der Waals surface area contributed by atoms with Gasteiger partial charge in [-0.3, -0.25) is 0 Å². The van der Waals surface area contributed by atoms with Crippen LogP contribution in [0, 0.1) is 16.7 Å². The number of benzene rings is 1. The first kappa shape index (κ1) is 14.9. The van der Waals surface area contributed by atoms with Crippen LogP contribution in [0.25, 0.3) is 0 Å². The zero-order valence-corrected chi connectivity index (χ0v) is 12.5. The molecule has 0 fully saturated rings. The maximum absolute atomic E-state index is 8.95. The van der Waals surface area contributed by atoms with Gasteiger partial charge in [0.05, 0.1) is 18.1 Å². The van der Waals surface area contributed by atoms with Gasteiger partial charge >= 0.3 is 0 Å². The first-order chi connectivity index (χ1) is 9.52. The van der Waals surface area contributed by atoms with Crippen molar-refractivity contribution in [3.05, 3.63) is 29.3 Å². The first-order valence-corrected chi connectivity index (χ1v) is 7.44.